The van der Waals surface area contributed by atoms with E-state index in [9.17, 15) is 24.9 Å². The predicted octanol–water partition coefficient (Wildman–Crippen LogP) is 0.598. The van der Waals surface area contributed by atoms with Gasteiger partial charge in [-0.05, 0) is 20.8 Å². The summed E-state index contributed by atoms with van der Waals surface area (Å²) in [4.78, 5) is 23.3. The highest BCUT2D eigenvalue weighted by Gasteiger charge is 2.60. The number of hydrogen-bond acceptors (Lipinski definition) is 7. The van der Waals surface area contributed by atoms with Gasteiger partial charge in [0.25, 0.3) is 0 Å². The van der Waals surface area contributed by atoms with Gasteiger partial charge in [-0.25, -0.2) is 9.59 Å². The summed E-state index contributed by atoms with van der Waals surface area (Å²) in [6.07, 6.45) is 0.519. The first-order chi connectivity index (χ1) is 10.8. The lowest BCUT2D eigenvalue weighted by atomic mass is 9.57. The third kappa shape index (κ3) is 4.34. The van der Waals surface area contributed by atoms with Crippen LogP contribution in [0.3, 0.4) is 0 Å². The Morgan fingerprint density at radius 2 is 1.50 bits per heavy atom. The number of ether oxygens (including phenoxy) is 2. The Balaban J connectivity index is 2.05. The van der Waals surface area contributed by atoms with Crippen LogP contribution in [0.5, 0.6) is 0 Å². The van der Waals surface area contributed by atoms with Gasteiger partial charge in [-0.3, -0.25) is 0 Å². The van der Waals surface area contributed by atoms with Gasteiger partial charge < -0.3 is 24.8 Å². The molecule has 0 aromatic rings. The van der Waals surface area contributed by atoms with Crippen molar-refractivity contribution in [3.63, 3.8) is 0 Å². The third-order valence-corrected chi connectivity index (χ3v) is 4.51. The lowest BCUT2D eigenvalue weighted by Crippen LogP contribution is -2.64. The van der Waals surface area contributed by atoms with Crippen molar-refractivity contribution in [2.75, 3.05) is 6.61 Å². The molecule has 7 nitrogen and oxygen atoms in total. The minimum Gasteiger partial charge on any atom is -0.457 e. The molecule has 24 heavy (non-hydrogen) atoms. The van der Waals surface area contributed by atoms with E-state index in [0.717, 1.165) is 0 Å². The molecule has 2 aliphatic carbocycles. The van der Waals surface area contributed by atoms with Crippen LogP contribution in [0, 0.1) is 0 Å². The number of hydrogen-bond donors (Lipinski definition) is 3. The summed E-state index contributed by atoms with van der Waals surface area (Å²) in [5, 5.41) is 31.7. The maximum atomic E-state index is 12.0. The minimum atomic E-state index is -1.32. The first-order valence-electron chi connectivity index (χ1n) is 7.97. The van der Waals surface area contributed by atoms with E-state index in [1.165, 1.54) is 6.92 Å². The van der Waals surface area contributed by atoms with Crippen molar-refractivity contribution >= 4 is 11.9 Å². The standard InChI is InChI=1S/C17H26O7/c1-11(2)13(19)23-5-12(18)24-15(4)8-16(21)6-14(3,20)7-17(22,9-15)10-16/h20-22H,1,5-10H2,2-4H3. The summed E-state index contributed by atoms with van der Waals surface area (Å²) in [6.45, 7) is 7.53. The molecule has 0 aromatic carbocycles. The number of carbonyl (C=O) groups is 2. The topological polar surface area (TPSA) is 113 Å². The summed E-state index contributed by atoms with van der Waals surface area (Å²) >= 11 is 0. The second-order valence-electron chi connectivity index (χ2n) is 8.11. The van der Waals surface area contributed by atoms with Gasteiger partial charge in [-0.15, -0.1) is 0 Å². The van der Waals surface area contributed by atoms with Crippen LogP contribution in [-0.4, -0.2) is 56.3 Å². The molecule has 3 N–H and O–H groups in total. The normalized spacial score (nSPS) is 41.4. The van der Waals surface area contributed by atoms with Gasteiger partial charge in [0.1, 0.15) is 5.60 Å². The molecule has 0 saturated heterocycles. The fourth-order valence-corrected chi connectivity index (χ4v) is 4.55. The van der Waals surface area contributed by atoms with E-state index in [-0.39, 0.29) is 37.7 Å². The number of carbonyl (C=O) groups excluding carboxylic acids is 2. The zero-order valence-corrected chi connectivity index (χ0v) is 14.4. The Morgan fingerprint density at radius 1 is 1.00 bits per heavy atom. The highest BCUT2D eigenvalue weighted by atomic mass is 16.6. The molecule has 2 fully saturated rings. The Labute approximate surface area is 141 Å². The first-order valence-corrected chi connectivity index (χ1v) is 7.97. The van der Waals surface area contributed by atoms with Crippen molar-refractivity contribution < 1.29 is 34.4 Å². The van der Waals surface area contributed by atoms with E-state index >= 15 is 0 Å². The van der Waals surface area contributed by atoms with Crippen LogP contribution >= 0.6 is 0 Å². The van der Waals surface area contributed by atoms with Gasteiger partial charge in [0.2, 0.25) is 0 Å². The van der Waals surface area contributed by atoms with E-state index in [1.54, 1.807) is 13.8 Å². The Bertz CT molecular complexity index is 537. The lowest BCUT2D eigenvalue weighted by molar-refractivity contribution is -0.244. The molecule has 2 rings (SSSR count). The van der Waals surface area contributed by atoms with Crippen LogP contribution in [0.15, 0.2) is 12.2 Å². The fraction of sp³-hybridized carbons (Fsp3) is 0.765. The van der Waals surface area contributed by atoms with Crippen LogP contribution in [0.1, 0.15) is 52.9 Å². The lowest BCUT2D eigenvalue weighted by Gasteiger charge is -2.57. The second kappa shape index (κ2) is 5.82. The molecule has 2 saturated carbocycles. The average molecular weight is 342 g/mol. The second-order valence-corrected chi connectivity index (χ2v) is 8.11. The quantitative estimate of drug-likeness (QED) is 0.506. The smallest absolute Gasteiger partial charge is 0.344 e. The van der Waals surface area contributed by atoms with Gasteiger partial charge in [0, 0.05) is 37.7 Å². The molecular formula is C17H26O7. The van der Waals surface area contributed by atoms with Crippen molar-refractivity contribution in [1.29, 1.82) is 0 Å². The minimum absolute atomic E-state index is 0.0959. The van der Waals surface area contributed by atoms with Crippen LogP contribution < -0.4 is 0 Å². The van der Waals surface area contributed by atoms with E-state index in [1.807, 2.05) is 0 Å². The van der Waals surface area contributed by atoms with Crippen molar-refractivity contribution in [2.45, 2.75) is 75.3 Å². The molecule has 0 aromatic heterocycles. The highest BCUT2D eigenvalue weighted by Crippen LogP contribution is 2.53. The number of esters is 2. The fourth-order valence-electron chi connectivity index (χ4n) is 4.55. The molecule has 0 heterocycles. The van der Waals surface area contributed by atoms with Crippen LogP contribution in [0.4, 0.5) is 0 Å². The van der Waals surface area contributed by atoms with Crippen molar-refractivity contribution in [2.24, 2.45) is 0 Å². The largest absolute Gasteiger partial charge is 0.457 e. The van der Waals surface area contributed by atoms with Crippen molar-refractivity contribution in [3.05, 3.63) is 12.2 Å². The first kappa shape index (κ1) is 18.9. The molecule has 2 atom stereocenters. The van der Waals surface area contributed by atoms with Crippen molar-refractivity contribution in [1.82, 2.24) is 0 Å². The van der Waals surface area contributed by atoms with Gasteiger partial charge >= 0.3 is 11.9 Å². The average Bonchev–Trinajstić information content (AvgIpc) is 2.28. The molecule has 7 heteroatoms. The summed E-state index contributed by atoms with van der Waals surface area (Å²) in [7, 11) is 0. The monoisotopic (exact) mass is 342 g/mol. The van der Waals surface area contributed by atoms with E-state index in [4.69, 9.17) is 9.47 Å². The van der Waals surface area contributed by atoms with E-state index < -0.39 is 40.9 Å². The predicted molar refractivity (Wildman–Crippen MR) is 83.9 cm³/mol. The van der Waals surface area contributed by atoms with E-state index in [2.05, 4.69) is 6.58 Å². The summed E-state index contributed by atoms with van der Waals surface area (Å²) in [5.74, 6) is -1.45. The maximum Gasteiger partial charge on any atom is 0.344 e. The van der Waals surface area contributed by atoms with Gasteiger partial charge in [-0.2, -0.15) is 0 Å². The molecule has 0 spiro atoms. The Morgan fingerprint density at radius 3 is 1.96 bits per heavy atom. The summed E-state index contributed by atoms with van der Waals surface area (Å²) in [5.41, 5.74) is -4.75. The van der Waals surface area contributed by atoms with Crippen LogP contribution in [-0.2, 0) is 19.1 Å². The SMILES string of the molecule is C=C(C)C(=O)OCC(=O)OC1(C)CC2(O)CC(C)(O)CC(O)(C2)C1. The zero-order chi connectivity index (χ0) is 18.4. The molecule has 136 valence electrons. The molecule has 2 unspecified atom stereocenters. The van der Waals surface area contributed by atoms with Gasteiger partial charge in [-0.1, -0.05) is 6.58 Å². The molecular weight excluding hydrogens is 316 g/mol. The number of fused-ring (bicyclic) bond motifs is 2. The van der Waals surface area contributed by atoms with Crippen LogP contribution in [0.25, 0.3) is 0 Å². The molecule has 2 aliphatic rings. The zero-order valence-electron chi connectivity index (χ0n) is 14.4. The molecule has 0 radical (unpaired) electrons. The molecule has 0 aliphatic heterocycles. The van der Waals surface area contributed by atoms with Crippen molar-refractivity contribution in [3.8, 4) is 0 Å². The van der Waals surface area contributed by atoms with Gasteiger partial charge in [0.05, 0.1) is 16.8 Å². The van der Waals surface area contributed by atoms with E-state index in [0.29, 0.717) is 0 Å². The van der Waals surface area contributed by atoms with Gasteiger partial charge in [0.15, 0.2) is 6.61 Å². The Kier molecular flexibility index (Phi) is 4.58. The maximum absolute atomic E-state index is 12.0. The molecule has 0 amide bonds. The summed E-state index contributed by atoms with van der Waals surface area (Å²) < 4.78 is 10.1. The molecule has 2 bridgehead atoms. The van der Waals surface area contributed by atoms with Crippen LogP contribution in [0.2, 0.25) is 0 Å². The summed E-state index contributed by atoms with van der Waals surface area (Å²) in [6, 6.07) is 0. The number of rotatable bonds is 4. The number of aliphatic hydroxyl groups is 3. The highest BCUT2D eigenvalue weighted by molar-refractivity contribution is 5.88. The Hall–Kier alpha value is -1.44. The third-order valence-electron chi connectivity index (χ3n) is 4.51.